The number of hydrogen-bond donors (Lipinski definition) is 1. The predicted molar refractivity (Wildman–Crippen MR) is 86.8 cm³/mol. The Bertz CT molecular complexity index is 592. The lowest BCUT2D eigenvalue weighted by atomic mass is 10.1. The van der Waals surface area contributed by atoms with E-state index in [0.29, 0.717) is 0 Å². The van der Waals surface area contributed by atoms with Crippen molar-refractivity contribution < 1.29 is 4.74 Å². The lowest BCUT2D eigenvalue weighted by molar-refractivity contribution is 0.152. The summed E-state index contributed by atoms with van der Waals surface area (Å²) in [6.07, 6.45) is 1.08. The summed E-state index contributed by atoms with van der Waals surface area (Å²) in [6, 6.07) is 10.6. The molecule has 2 aromatic rings. The van der Waals surface area contributed by atoms with Crippen molar-refractivity contribution >= 4 is 16.6 Å². The van der Waals surface area contributed by atoms with Crippen LogP contribution in [0.25, 0.3) is 10.9 Å². The van der Waals surface area contributed by atoms with Gasteiger partial charge in [-0.1, -0.05) is 25.1 Å². The van der Waals surface area contributed by atoms with Gasteiger partial charge >= 0.3 is 0 Å². The summed E-state index contributed by atoms with van der Waals surface area (Å²) >= 11 is 0. The van der Waals surface area contributed by atoms with Gasteiger partial charge < -0.3 is 15.0 Å². The zero-order chi connectivity index (χ0) is 14.5. The van der Waals surface area contributed by atoms with Crippen molar-refractivity contribution in [3.8, 4) is 0 Å². The molecule has 1 aromatic carbocycles. The van der Waals surface area contributed by atoms with Crippen LogP contribution in [0.2, 0.25) is 0 Å². The van der Waals surface area contributed by atoms with Crippen LogP contribution < -0.4 is 10.2 Å². The number of aromatic nitrogens is 1. The van der Waals surface area contributed by atoms with E-state index < -0.39 is 0 Å². The summed E-state index contributed by atoms with van der Waals surface area (Å²) in [6.45, 7) is 7.57. The average molecular weight is 285 g/mol. The van der Waals surface area contributed by atoms with Crippen LogP contribution in [0.15, 0.2) is 30.3 Å². The Hall–Kier alpha value is -1.65. The van der Waals surface area contributed by atoms with Gasteiger partial charge in [-0.05, 0) is 25.1 Å². The Morgan fingerprint density at radius 1 is 1.24 bits per heavy atom. The van der Waals surface area contributed by atoms with Crippen molar-refractivity contribution in [2.24, 2.45) is 0 Å². The molecule has 4 heteroatoms. The smallest absolute Gasteiger partial charge is 0.0726 e. The minimum atomic E-state index is 0.805. The summed E-state index contributed by atoms with van der Waals surface area (Å²) in [5.74, 6) is 0. The van der Waals surface area contributed by atoms with E-state index in [-0.39, 0.29) is 0 Å². The molecule has 0 unspecified atom stereocenters. The highest BCUT2D eigenvalue weighted by molar-refractivity contribution is 5.92. The number of nitrogens with zero attached hydrogens (tertiary/aromatic N) is 2. The molecule has 0 saturated carbocycles. The Kier molecular flexibility index (Phi) is 4.68. The zero-order valence-electron chi connectivity index (χ0n) is 12.6. The highest BCUT2D eigenvalue weighted by Gasteiger charge is 2.14. The molecule has 1 aliphatic heterocycles. The summed E-state index contributed by atoms with van der Waals surface area (Å²) in [5.41, 5.74) is 3.47. The summed E-state index contributed by atoms with van der Waals surface area (Å²) in [7, 11) is 0. The maximum Gasteiger partial charge on any atom is 0.0726 e. The first-order chi connectivity index (χ1) is 10.4. The molecular formula is C17H23N3O. The van der Waals surface area contributed by atoms with Crippen molar-refractivity contribution in [2.45, 2.75) is 19.9 Å². The van der Waals surface area contributed by atoms with Crippen molar-refractivity contribution in [3.63, 3.8) is 0 Å². The normalized spacial score (nSPS) is 16.1. The van der Waals surface area contributed by atoms with E-state index in [1.807, 2.05) is 0 Å². The Labute approximate surface area is 126 Å². The maximum atomic E-state index is 5.58. The molecule has 0 radical (unpaired) electrons. The third-order valence-corrected chi connectivity index (χ3v) is 3.87. The molecule has 1 aliphatic rings. The second kappa shape index (κ2) is 6.87. The SMILES string of the molecule is CCNCc1cc(N2CCCOCC2)c2ccccc2n1. The van der Waals surface area contributed by atoms with Crippen LogP contribution in [0.4, 0.5) is 5.69 Å². The lowest BCUT2D eigenvalue weighted by Crippen LogP contribution is -2.26. The first kappa shape index (κ1) is 14.3. The molecule has 3 rings (SSSR count). The summed E-state index contributed by atoms with van der Waals surface area (Å²) in [5, 5.41) is 4.60. The van der Waals surface area contributed by atoms with E-state index in [1.165, 1.54) is 11.1 Å². The molecule has 1 aromatic heterocycles. The molecule has 0 aliphatic carbocycles. The predicted octanol–water partition coefficient (Wildman–Crippen LogP) is 2.57. The van der Waals surface area contributed by atoms with E-state index in [0.717, 1.165) is 57.0 Å². The number of para-hydroxylation sites is 1. The molecule has 112 valence electrons. The fourth-order valence-corrected chi connectivity index (χ4v) is 2.80. The van der Waals surface area contributed by atoms with E-state index in [9.17, 15) is 0 Å². The molecule has 0 spiro atoms. The number of hydrogen-bond acceptors (Lipinski definition) is 4. The van der Waals surface area contributed by atoms with Crippen LogP contribution in [0.1, 0.15) is 19.0 Å². The Balaban J connectivity index is 2.00. The molecule has 1 saturated heterocycles. The molecule has 1 N–H and O–H groups in total. The highest BCUT2D eigenvalue weighted by atomic mass is 16.5. The highest BCUT2D eigenvalue weighted by Crippen LogP contribution is 2.27. The van der Waals surface area contributed by atoms with Crippen LogP contribution in [-0.2, 0) is 11.3 Å². The number of pyridine rings is 1. The Morgan fingerprint density at radius 3 is 3.05 bits per heavy atom. The summed E-state index contributed by atoms with van der Waals surface area (Å²) in [4.78, 5) is 7.21. The van der Waals surface area contributed by atoms with Gasteiger partial charge in [0.2, 0.25) is 0 Å². The van der Waals surface area contributed by atoms with Gasteiger partial charge in [0, 0.05) is 37.3 Å². The molecule has 4 nitrogen and oxygen atoms in total. The van der Waals surface area contributed by atoms with Crippen LogP contribution in [0.3, 0.4) is 0 Å². The topological polar surface area (TPSA) is 37.4 Å². The molecule has 2 heterocycles. The van der Waals surface area contributed by atoms with Crippen LogP contribution in [0.5, 0.6) is 0 Å². The third-order valence-electron chi connectivity index (χ3n) is 3.87. The van der Waals surface area contributed by atoms with Gasteiger partial charge in [-0.2, -0.15) is 0 Å². The van der Waals surface area contributed by atoms with Gasteiger partial charge in [0.25, 0.3) is 0 Å². The van der Waals surface area contributed by atoms with Gasteiger partial charge in [0.15, 0.2) is 0 Å². The van der Waals surface area contributed by atoms with E-state index in [1.54, 1.807) is 0 Å². The number of nitrogens with one attached hydrogen (secondary N) is 1. The van der Waals surface area contributed by atoms with Gasteiger partial charge in [0.05, 0.1) is 17.8 Å². The minimum Gasteiger partial charge on any atom is -0.380 e. The zero-order valence-corrected chi connectivity index (χ0v) is 12.6. The van der Waals surface area contributed by atoms with Crippen LogP contribution in [-0.4, -0.2) is 37.8 Å². The second-order valence-corrected chi connectivity index (χ2v) is 5.38. The van der Waals surface area contributed by atoms with Crippen molar-refractivity contribution in [2.75, 3.05) is 37.7 Å². The fourth-order valence-electron chi connectivity index (χ4n) is 2.80. The van der Waals surface area contributed by atoms with Gasteiger partial charge in [0.1, 0.15) is 0 Å². The average Bonchev–Trinajstić information content (AvgIpc) is 2.81. The molecule has 0 bridgehead atoms. The first-order valence-electron chi connectivity index (χ1n) is 7.80. The van der Waals surface area contributed by atoms with Crippen LogP contribution >= 0.6 is 0 Å². The molecule has 1 fully saturated rings. The largest absolute Gasteiger partial charge is 0.380 e. The van der Waals surface area contributed by atoms with Gasteiger partial charge in [-0.25, -0.2) is 0 Å². The molecular weight excluding hydrogens is 262 g/mol. The third kappa shape index (κ3) is 3.34. The molecule has 21 heavy (non-hydrogen) atoms. The lowest BCUT2D eigenvalue weighted by Gasteiger charge is -2.24. The van der Waals surface area contributed by atoms with Crippen LogP contribution in [0, 0.1) is 0 Å². The number of fused-ring (bicyclic) bond motifs is 1. The van der Waals surface area contributed by atoms with Crippen molar-refractivity contribution in [3.05, 3.63) is 36.0 Å². The Morgan fingerprint density at radius 2 is 2.14 bits per heavy atom. The van der Waals surface area contributed by atoms with E-state index in [4.69, 9.17) is 9.72 Å². The number of rotatable bonds is 4. The number of benzene rings is 1. The number of anilines is 1. The van der Waals surface area contributed by atoms with E-state index >= 15 is 0 Å². The molecule has 0 atom stereocenters. The first-order valence-corrected chi connectivity index (χ1v) is 7.80. The minimum absolute atomic E-state index is 0.805. The quantitative estimate of drug-likeness (QED) is 0.937. The van der Waals surface area contributed by atoms with E-state index in [2.05, 4.69) is 47.5 Å². The monoisotopic (exact) mass is 285 g/mol. The maximum absolute atomic E-state index is 5.58. The van der Waals surface area contributed by atoms with Crippen molar-refractivity contribution in [1.82, 2.24) is 10.3 Å². The fraction of sp³-hybridized carbons (Fsp3) is 0.471. The standard InChI is InChI=1S/C17H23N3O/c1-2-18-13-14-12-17(20-8-5-10-21-11-9-20)15-6-3-4-7-16(15)19-14/h3-4,6-7,12,18H,2,5,8-11,13H2,1H3. The second-order valence-electron chi connectivity index (χ2n) is 5.38. The molecule has 0 amide bonds. The van der Waals surface area contributed by atoms with Crippen molar-refractivity contribution in [1.29, 1.82) is 0 Å². The number of ether oxygens (including phenoxy) is 1. The van der Waals surface area contributed by atoms with Gasteiger partial charge in [-0.3, -0.25) is 4.98 Å². The van der Waals surface area contributed by atoms with Gasteiger partial charge in [-0.15, -0.1) is 0 Å². The summed E-state index contributed by atoms with van der Waals surface area (Å²) < 4.78 is 5.58.